The van der Waals surface area contributed by atoms with Crippen LogP contribution in [-0.4, -0.2) is 50.3 Å². The Kier molecular flexibility index (Phi) is 2.71. The zero-order valence-electron chi connectivity index (χ0n) is 8.79. The van der Waals surface area contributed by atoms with Gasteiger partial charge >= 0.3 is 5.97 Å². The maximum absolute atomic E-state index is 11.7. The third-order valence-electron chi connectivity index (χ3n) is 2.98. The molecule has 1 amide bonds. The number of hydrogen-bond acceptors (Lipinski definition) is 4. The summed E-state index contributed by atoms with van der Waals surface area (Å²) in [6, 6.07) is -0.922. The molecule has 3 unspecified atom stereocenters. The van der Waals surface area contributed by atoms with E-state index in [1.807, 2.05) is 0 Å². The van der Waals surface area contributed by atoms with Crippen molar-refractivity contribution < 1.29 is 19.8 Å². The van der Waals surface area contributed by atoms with Gasteiger partial charge in [-0.25, -0.2) is 4.79 Å². The maximum Gasteiger partial charge on any atom is 0.330 e. The topological polar surface area (TPSA) is 77.8 Å². The molecular formula is C10H13NO4S. The van der Waals surface area contributed by atoms with Crippen molar-refractivity contribution in [1.82, 2.24) is 4.90 Å². The third-order valence-corrected chi connectivity index (χ3v) is 4.38. The molecule has 0 aliphatic carbocycles. The van der Waals surface area contributed by atoms with Crippen LogP contribution in [-0.2, 0) is 9.59 Å². The minimum Gasteiger partial charge on any atom is -0.479 e. The Labute approximate surface area is 97.1 Å². The highest BCUT2D eigenvalue weighted by Gasteiger charge is 2.56. The summed E-state index contributed by atoms with van der Waals surface area (Å²) in [7, 11) is 0. The standard InChI is InChI=1S/C10H13NO4S/c1-4-3-16-9-6(5(2)12)8(13)11(9)7(4)10(14)15/h5-7,9,12H,1,3H2,2H3,(H,14,15)/t5?,6?,7?,9-/m1/s1. The third kappa shape index (κ3) is 1.44. The fourth-order valence-corrected chi connectivity index (χ4v) is 3.65. The molecule has 2 aliphatic heterocycles. The summed E-state index contributed by atoms with van der Waals surface area (Å²) in [4.78, 5) is 24.1. The summed E-state index contributed by atoms with van der Waals surface area (Å²) in [5.41, 5.74) is 0.533. The number of β-lactam (4-membered cyclic amide) rings is 1. The van der Waals surface area contributed by atoms with Gasteiger partial charge in [-0.2, -0.15) is 0 Å². The van der Waals surface area contributed by atoms with E-state index in [0.29, 0.717) is 11.3 Å². The van der Waals surface area contributed by atoms with Gasteiger partial charge in [0.2, 0.25) is 5.91 Å². The number of carboxylic acids is 1. The van der Waals surface area contributed by atoms with E-state index < -0.39 is 24.0 Å². The van der Waals surface area contributed by atoms with E-state index in [0.717, 1.165) is 0 Å². The second-order valence-corrected chi connectivity index (χ2v) is 5.22. The van der Waals surface area contributed by atoms with E-state index >= 15 is 0 Å². The van der Waals surface area contributed by atoms with Crippen molar-refractivity contribution in [2.24, 2.45) is 5.92 Å². The molecule has 0 aromatic carbocycles. The van der Waals surface area contributed by atoms with Crippen LogP contribution in [0.5, 0.6) is 0 Å². The molecule has 0 bridgehead atoms. The Morgan fingerprint density at radius 1 is 1.69 bits per heavy atom. The van der Waals surface area contributed by atoms with Crippen LogP contribution in [0.4, 0.5) is 0 Å². The predicted molar refractivity (Wildman–Crippen MR) is 58.8 cm³/mol. The number of carboxylic acid groups (broad SMARTS) is 1. The first kappa shape index (κ1) is 11.5. The van der Waals surface area contributed by atoms with Gasteiger partial charge in [0, 0.05) is 5.75 Å². The molecule has 0 aromatic rings. The van der Waals surface area contributed by atoms with Gasteiger partial charge in [0.1, 0.15) is 0 Å². The SMILES string of the molecule is C=C1CS[C@@H]2C(C(C)O)C(=O)N2C1C(=O)O. The molecule has 2 heterocycles. The Morgan fingerprint density at radius 3 is 2.81 bits per heavy atom. The highest BCUT2D eigenvalue weighted by Crippen LogP contribution is 2.44. The summed E-state index contributed by atoms with van der Waals surface area (Å²) in [5, 5.41) is 18.3. The second-order valence-electron chi connectivity index (χ2n) is 4.11. The summed E-state index contributed by atoms with van der Waals surface area (Å²) < 4.78 is 0. The van der Waals surface area contributed by atoms with Gasteiger partial charge in [-0.3, -0.25) is 4.79 Å². The average molecular weight is 243 g/mol. The van der Waals surface area contributed by atoms with Gasteiger partial charge in [-0.05, 0) is 12.5 Å². The van der Waals surface area contributed by atoms with Crippen molar-refractivity contribution in [3.8, 4) is 0 Å². The number of hydrogen-bond donors (Lipinski definition) is 2. The quantitative estimate of drug-likeness (QED) is 0.523. The van der Waals surface area contributed by atoms with Crippen LogP contribution in [0.25, 0.3) is 0 Å². The minimum atomic E-state index is -1.05. The average Bonchev–Trinajstić information content (AvgIpc) is 2.17. The molecule has 5 nitrogen and oxygen atoms in total. The number of fused-ring (bicyclic) bond motifs is 1. The van der Waals surface area contributed by atoms with E-state index in [4.69, 9.17) is 5.11 Å². The number of amides is 1. The van der Waals surface area contributed by atoms with Crippen LogP contribution < -0.4 is 0 Å². The van der Waals surface area contributed by atoms with Gasteiger partial charge < -0.3 is 15.1 Å². The molecule has 2 fully saturated rings. The van der Waals surface area contributed by atoms with Gasteiger partial charge in [0.25, 0.3) is 0 Å². The fraction of sp³-hybridized carbons (Fsp3) is 0.600. The lowest BCUT2D eigenvalue weighted by molar-refractivity contribution is -0.167. The summed E-state index contributed by atoms with van der Waals surface area (Å²) in [6.07, 6.45) is -0.734. The molecule has 4 atom stereocenters. The molecule has 2 saturated heterocycles. The predicted octanol–water partition coefficient (Wildman–Crippen LogP) is -0.0921. The molecule has 0 saturated carbocycles. The van der Waals surface area contributed by atoms with Crippen molar-refractivity contribution in [3.05, 3.63) is 12.2 Å². The van der Waals surface area contributed by atoms with E-state index in [2.05, 4.69) is 6.58 Å². The van der Waals surface area contributed by atoms with Crippen LogP contribution in [0.3, 0.4) is 0 Å². The van der Waals surface area contributed by atoms with Gasteiger partial charge in [-0.1, -0.05) is 6.58 Å². The highest BCUT2D eigenvalue weighted by molar-refractivity contribution is 8.00. The molecule has 0 radical (unpaired) electrons. The van der Waals surface area contributed by atoms with Crippen LogP contribution in [0.15, 0.2) is 12.2 Å². The van der Waals surface area contributed by atoms with Crippen molar-refractivity contribution in [2.45, 2.75) is 24.4 Å². The Hall–Kier alpha value is -1.01. The van der Waals surface area contributed by atoms with Crippen LogP contribution in [0, 0.1) is 5.92 Å². The molecule has 2 N–H and O–H groups in total. The van der Waals surface area contributed by atoms with E-state index in [1.54, 1.807) is 6.92 Å². The Morgan fingerprint density at radius 2 is 2.31 bits per heavy atom. The molecule has 0 spiro atoms. The zero-order valence-corrected chi connectivity index (χ0v) is 9.61. The number of aliphatic hydroxyl groups is 1. The Bertz CT molecular complexity index is 368. The molecule has 6 heteroatoms. The van der Waals surface area contributed by atoms with E-state index in [9.17, 15) is 14.7 Å². The molecular weight excluding hydrogens is 230 g/mol. The van der Waals surface area contributed by atoms with Gasteiger partial charge in [0.05, 0.1) is 17.4 Å². The van der Waals surface area contributed by atoms with E-state index in [-0.39, 0.29) is 11.3 Å². The highest BCUT2D eigenvalue weighted by atomic mass is 32.2. The fourth-order valence-electron chi connectivity index (χ4n) is 2.17. The number of nitrogens with zero attached hydrogens (tertiary/aromatic N) is 1. The first-order valence-electron chi connectivity index (χ1n) is 4.97. The van der Waals surface area contributed by atoms with E-state index in [1.165, 1.54) is 16.7 Å². The number of carbonyl (C=O) groups is 2. The second kappa shape index (κ2) is 3.78. The molecule has 2 rings (SSSR count). The molecule has 2 aliphatic rings. The minimum absolute atomic E-state index is 0.223. The summed E-state index contributed by atoms with van der Waals surface area (Å²) >= 11 is 1.46. The lowest BCUT2D eigenvalue weighted by Crippen LogP contribution is -2.69. The molecule has 0 aromatic heterocycles. The van der Waals surface area contributed by atoms with Crippen LogP contribution in [0.2, 0.25) is 0 Å². The van der Waals surface area contributed by atoms with Crippen molar-refractivity contribution in [3.63, 3.8) is 0 Å². The van der Waals surface area contributed by atoms with Crippen molar-refractivity contribution >= 4 is 23.6 Å². The van der Waals surface area contributed by atoms with Gasteiger partial charge in [-0.15, -0.1) is 11.8 Å². The summed E-state index contributed by atoms with van der Waals surface area (Å²) in [5.74, 6) is -1.29. The zero-order chi connectivity index (χ0) is 12.0. The van der Waals surface area contributed by atoms with Crippen LogP contribution >= 0.6 is 11.8 Å². The molecule has 88 valence electrons. The number of carbonyl (C=O) groups excluding carboxylic acids is 1. The largest absolute Gasteiger partial charge is 0.479 e. The van der Waals surface area contributed by atoms with Crippen molar-refractivity contribution in [2.75, 3.05) is 5.75 Å². The lowest BCUT2D eigenvalue weighted by atomic mass is 9.89. The number of thioether (sulfide) groups is 1. The summed E-state index contributed by atoms with van der Waals surface area (Å²) in [6.45, 7) is 5.24. The first-order chi connectivity index (χ1) is 7.45. The number of rotatable bonds is 2. The lowest BCUT2D eigenvalue weighted by Gasteiger charge is -2.53. The maximum atomic E-state index is 11.7. The van der Waals surface area contributed by atoms with Gasteiger partial charge in [0.15, 0.2) is 6.04 Å². The van der Waals surface area contributed by atoms with Crippen LogP contribution in [0.1, 0.15) is 6.92 Å². The normalized spacial score (nSPS) is 35.4. The molecule has 16 heavy (non-hydrogen) atoms. The smallest absolute Gasteiger partial charge is 0.330 e. The number of aliphatic hydroxyl groups excluding tert-OH is 1. The van der Waals surface area contributed by atoms with Crippen molar-refractivity contribution in [1.29, 1.82) is 0 Å². The Balaban J connectivity index is 2.23. The monoisotopic (exact) mass is 243 g/mol. The first-order valence-corrected chi connectivity index (χ1v) is 6.02. The number of aliphatic carboxylic acids is 1.